The quantitative estimate of drug-likeness (QED) is 0.647. The summed E-state index contributed by atoms with van der Waals surface area (Å²) in [5, 5.41) is 34.4. The van der Waals surface area contributed by atoms with Crippen LogP contribution in [0.15, 0.2) is 29.4 Å². The van der Waals surface area contributed by atoms with Crippen molar-refractivity contribution in [2.75, 3.05) is 6.61 Å². The Balaban J connectivity index is 1.86. The number of halogens is 1. The number of hydrogen-bond donors (Lipinski definition) is 3. The SMILES string of the molecule is OC[C@H]1O[C@@H](n2cc(Cl)c3c(-c4ccsc4)ncnc32)[C@H](O)[C@@H]1O. The lowest BCUT2D eigenvalue weighted by Gasteiger charge is -2.17. The normalized spacial score (nSPS) is 27.2. The Morgan fingerprint density at radius 2 is 2.12 bits per heavy atom. The molecule has 9 heteroatoms. The highest BCUT2D eigenvalue weighted by Crippen LogP contribution is 2.38. The van der Waals surface area contributed by atoms with E-state index in [1.807, 2.05) is 16.8 Å². The lowest BCUT2D eigenvalue weighted by atomic mass is 10.1. The zero-order valence-corrected chi connectivity index (χ0v) is 13.9. The van der Waals surface area contributed by atoms with Crippen LogP contribution in [0.4, 0.5) is 0 Å². The molecule has 0 spiro atoms. The molecule has 1 aliphatic heterocycles. The number of aliphatic hydroxyl groups is 3. The number of ether oxygens (including phenoxy) is 1. The van der Waals surface area contributed by atoms with Gasteiger partial charge < -0.3 is 24.6 Å². The molecule has 0 bridgehead atoms. The van der Waals surface area contributed by atoms with E-state index >= 15 is 0 Å². The first kappa shape index (κ1) is 15.9. The number of thiophene rings is 1. The van der Waals surface area contributed by atoms with Crippen molar-refractivity contribution < 1.29 is 20.1 Å². The molecule has 1 fully saturated rings. The molecule has 4 rings (SSSR count). The maximum atomic E-state index is 10.2. The van der Waals surface area contributed by atoms with Gasteiger partial charge in [-0.25, -0.2) is 9.97 Å². The second-order valence-electron chi connectivity index (χ2n) is 5.55. The van der Waals surface area contributed by atoms with E-state index in [0.29, 0.717) is 21.7 Å². The lowest BCUT2D eigenvalue weighted by Crippen LogP contribution is -2.33. The first-order valence-electron chi connectivity index (χ1n) is 7.28. The molecule has 0 radical (unpaired) electrons. The van der Waals surface area contributed by atoms with Gasteiger partial charge in [0, 0.05) is 17.1 Å². The van der Waals surface area contributed by atoms with Crippen LogP contribution in [0.1, 0.15) is 6.23 Å². The largest absolute Gasteiger partial charge is 0.394 e. The number of nitrogens with zero attached hydrogens (tertiary/aromatic N) is 3. The molecule has 0 aromatic carbocycles. The van der Waals surface area contributed by atoms with Crippen molar-refractivity contribution in [2.24, 2.45) is 0 Å². The highest BCUT2D eigenvalue weighted by atomic mass is 35.5. The number of rotatable bonds is 3. The summed E-state index contributed by atoms with van der Waals surface area (Å²) in [6, 6.07) is 1.94. The van der Waals surface area contributed by atoms with E-state index in [1.54, 1.807) is 22.1 Å². The molecule has 24 heavy (non-hydrogen) atoms. The fourth-order valence-electron chi connectivity index (χ4n) is 2.96. The zero-order valence-electron chi connectivity index (χ0n) is 12.3. The van der Waals surface area contributed by atoms with Crippen LogP contribution in [0.5, 0.6) is 0 Å². The van der Waals surface area contributed by atoms with Crippen LogP contribution in [-0.4, -0.2) is 54.8 Å². The first-order chi connectivity index (χ1) is 11.6. The predicted octanol–water partition coefficient (Wildman–Crippen LogP) is 1.42. The Labute approximate surface area is 145 Å². The maximum absolute atomic E-state index is 10.2. The van der Waals surface area contributed by atoms with Crippen LogP contribution in [0.3, 0.4) is 0 Å². The molecule has 3 aromatic rings. The minimum atomic E-state index is -1.20. The summed E-state index contributed by atoms with van der Waals surface area (Å²) in [7, 11) is 0. The lowest BCUT2D eigenvalue weighted by molar-refractivity contribution is -0.0508. The van der Waals surface area contributed by atoms with E-state index in [-0.39, 0.29) is 0 Å². The highest BCUT2D eigenvalue weighted by molar-refractivity contribution is 7.08. The molecule has 1 saturated heterocycles. The average molecular weight is 368 g/mol. The van der Waals surface area contributed by atoms with Gasteiger partial charge >= 0.3 is 0 Å². The van der Waals surface area contributed by atoms with E-state index in [4.69, 9.17) is 16.3 Å². The van der Waals surface area contributed by atoms with Gasteiger partial charge in [-0.3, -0.25) is 0 Å². The van der Waals surface area contributed by atoms with Crippen LogP contribution in [-0.2, 0) is 4.74 Å². The van der Waals surface area contributed by atoms with Gasteiger partial charge in [0.25, 0.3) is 0 Å². The van der Waals surface area contributed by atoms with Crippen LogP contribution in [0.25, 0.3) is 22.3 Å². The van der Waals surface area contributed by atoms with Gasteiger partial charge in [-0.1, -0.05) is 11.6 Å². The van der Waals surface area contributed by atoms with E-state index < -0.39 is 31.1 Å². The van der Waals surface area contributed by atoms with Crippen LogP contribution >= 0.6 is 22.9 Å². The Bertz CT molecular complexity index is 869. The van der Waals surface area contributed by atoms with E-state index in [0.717, 1.165) is 5.56 Å². The molecule has 1 aliphatic rings. The smallest absolute Gasteiger partial charge is 0.164 e. The first-order valence-corrected chi connectivity index (χ1v) is 8.60. The van der Waals surface area contributed by atoms with Crippen molar-refractivity contribution in [3.8, 4) is 11.3 Å². The van der Waals surface area contributed by atoms with E-state index in [2.05, 4.69) is 9.97 Å². The minimum absolute atomic E-state index is 0.392. The van der Waals surface area contributed by atoms with Gasteiger partial charge in [0.15, 0.2) is 6.23 Å². The summed E-state index contributed by atoms with van der Waals surface area (Å²) in [6.45, 7) is -0.392. The second-order valence-corrected chi connectivity index (χ2v) is 6.73. The highest BCUT2D eigenvalue weighted by Gasteiger charge is 2.44. The van der Waals surface area contributed by atoms with Gasteiger partial charge in [0.1, 0.15) is 30.3 Å². The molecular formula is C15H14ClN3O4S. The third kappa shape index (κ3) is 2.34. The summed E-state index contributed by atoms with van der Waals surface area (Å²) in [5.41, 5.74) is 2.11. The molecule has 0 amide bonds. The summed E-state index contributed by atoms with van der Waals surface area (Å²) >= 11 is 7.94. The monoisotopic (exact) mass is 367 g/mol. The Hall–Kier alpha value is -1.55. The summed E-state index contributed by atoms with van der Waals surface area (Å²) in [5.74, 6) is 0. The van der Waals surface area contributed by atoms with Gasteiger partial charge in [-0.05, 0) is 11.4 Å². The Kier molecular flexibility index (Phi) is 4.03. The fraction of sp³-hybridized carbons (Fsp3) is 0.333. The third-order valence-electron chi connectivity index (χ3n) is 4.15. The minimum Gasteiger partial charge on any atom is -0.394 e. The van der Waals surface area contributed by atoms with Crippen molar-refractivity contribution in [1.82, 2.24) is 14.5 Å². The topological polar surface area (TPSA) is 101 Å². The summed E-state index contributed by atoms with van der Waals surface area (Å²) in [6.07, 6.45) is -1.12. The van der Waals surface area contributed by atoms with Crippen LogP contribution in [0, 0.1) is 0 Å². The summed E-state index contributed by atoms with van der Waals surface area (Å²) < 4.78 is 7.14. The average Bonchev–Trinajstić information content (AvgIpc) is 3.29. The van der Waals surface area contributed by atoms with Gasteiger partial charge in [0.05, 0.1) is 22.7 Å². The van der Waals surface area contributed by atoms with Crippen molar-refractivity contribution in [2.45, 2.75) is 24.5 Å². The van der Waals surface area contributed by atoms with Gasteiger partial charge in [0.2, 0.25) is 0 Å². The van der Waals surface area contributed by atoms with Crippen molar-refractivity contribution >= 4 is 34.0 Å². The van der Waals surface area contributed by atoms with Gasteiger partial charge in [-0.2, -0.15) is 11.3 Å². The Morgan fingerprint density at radius 3 is 2.79 bits per heavy atom. The molecule has 0 saturated carbocycles. The number of aliphatic hydroxyl groups excluding tert-OH is 3. The van der Waals surface area contributed by atoms with Gasteiger partial charge in [-0.15, -0.1) is 0 Å². The molecule has 7 nitrogen and oxygen atoms in total. The third-order valence-corrected chi connectivity index (χ3v) is 5.12. The molecule has 3 aromatic heterocycles. The maximum Gasteiger partial charge on any atom is 0.164 e. The summed E-state index contributed by atoms with van der Waals surface area (Å²) in [4.78, 5) is 8.58. The predicted molar refractivity (Wildman–Crippen MR) is 88.9 cm³/mol. The molecule has 126 valence electrons. The number of aromatic nitrogens is 3. The van der Waals surface area contributed by atoms with E-state index in [1.165, 1.54) is 6.33 Å². The molecule has 0 unspecified atom stereocenters. The number of hydrogen-bond acceptors (Lipinski definition) is 7. The molecule has 0 aliphatic carbocycles. The molecule has 4 atom stereocenters. The van der Waals surface area contributed by atoms with Crippen molar-refractivity contribution in [3.05, 3.63) is 34.4 Å². The Morgan fingerprint density at radius 1 is 1.29 bits per heavy atom. The number of fused-ring (bicyclic) bond motifs is 1. The molecular weight excluding hydrogens is 354 g/mol. The molecule has 4 heterocycles. The molecule has 3 N–H and O–H groups in total. The zero-order chi connectivity index (χ0) is 16.8. The van der Waals surface area contributed by atoms with Crippen LogP contribution < -0.4 is 0 Å². The van der Waals surface area contributed by atoms with Crippen LogP contribution in [0.2, 0.25) is 5.02 Å². The fourth-order valence-corrected chi connectivity index (χ4v) is 3.88. The van der Waals surface area contributed by atoms with Crippen molar-refractivity contribution in [1.29, 1.82) is 0 Å². The van der Waals surface area contributed by atoms with E-state index in [9.17, 15) is 15.3 Å². The second kappa shape index (κ2) is 6.07. The standard InChI is InChI=1S/C15H14ClN3O4S/c16-8-3-19(15-13(22)12(21)9(4-20)23-15)14-10(8)11(17-6-18-14)7-1-2-24-5-7/h1-3,5-6,9,12-13,15,20-22H,4H2/t9-,12-,13-,15-/m1/s1. The van der Waals surface area contributed by atoms with Crippen molar-refractivity contribution in [3.63, 3.8) is 0 Å².